The number of aryl methyl sites for hydroxylation is 1. The monoisotopic (exact) mass is 306 g/mol. The minimum absolute atomic E-state index is 0.111. The van der Waals surface area contributed by atoms with Crippen LogP contribution in [-0.4, -0.2) is 6.04 Å². The SMILES string of the molecule is CCC(C)Nc1cc(C)c2c(c1)C(C)(c1ccccc1)C=CN2. The van der Waals surface area contributed by atoms with Crippen molar-refractivity contribution in [3.05, 3.63) is 71.4 Å². The number of benzene rings is 2. The molecule has 2 aromatic carbocycles. The van der Waals surface area contributed by atoms with Crippen LogP contribution in [0.3, 0.4) is 0 Å². The molecular weight excluding hydrogens is 280 g/mol. The lowest BCUT2D eigenvalue weighted by molar-refractivity contribution is 0.715. The Hall–Kier alpha value is -2.22. The minimum Gasteiger partial charge on any atom is -0.383 e. The van der Waals surface area contributed by atoms with E-state index in [0.717, 1.165) is 6.42 Å². The smallest absolute Gasteiger partial charge is 0.0455 e. The first kappa shape index (κ1) is 15.7. The van der Waals surface area contributed by atoms with Crippen LogP contribution in [0, 0.1) is 6.92 Å². The summed E-state index contributed by atoms with van der Waals surface area (Å²) in [6.07, 6.45) is 5.45. The van der Waals surface area contributed by atoms with E-state index >= 15 is 0 Å². The van der Waals surface area contributed by atoms with Crippen LogP contribution in [-0.2, 0) is 5.41 Å². The first-order valence-corrected chi connectivity index (χ1v) is 8.46. The lowest BCUT2D eigenvalue weighted by Gasteiger charge is -2.34. The zero-order valence-corrected chi connectivity index (χ0v) is 14.5. The molecule has 2 N–H and O–H groups in total. The molecule has 0 aromatic heterocycles. The molecule has 2 aromatic rings. The van der Waals surface area contributed by atoms with Gasteiger partial charge in [-0.1, -0.05) is 43.3 Å². The lowest BCUT2D eigenvalue weighted by Crippen LogP contribution is -2.26. The van der Waals surface area contributed by atoms with Crippen molar-refractivity contribution in [2.24, 2.45) is 0 Å². The molecule has 1 heterocycles. The lowest BCUT2D eigenvalue weighted by atomic mass is 9.73. The number of hydrogen-bond acceptors (Lipinski definition) is 2. The Morgan fingerprint density at radius 3 is 2.61 bits per heavy atom. The highest BCUT2D eigenvalue weighted by atomic mass is 14.9. The summed E-state index contributed by atoms with van der Waals surface area (Å²) in [6.45, 7) is 8.91. The quantitative estimate of drug-likeness (QED) is 0.784. The summed E-state index contributed by atoms with van der Waals surface area (Å²) in [6, 6.07) is 15.7. The van der Waals surface area contributed by atoms with Gasteiger partial charge in [0.25, 0.3) is 0 Å². The molecule has 0 fully saturated rings. The van der Waals surface area contributed by atoms with Crippen molar-refractivity contribution < 1.29 is 0 Å². The van der Waals surface area contributed by atoms with Gasteiger partial charge >= 0.3 is 0 Å². The van der Waals surface area contributed by atoms with E-state index < -0.39 is 0 Å². The van der Waals surface area contributed by atoms with Gasteiger partial charge in [-0.25, -0.2) is 0 Å². The van der Waals surface area contributed by atoms with Crippen LogP contribution in [0.5, 0.6) is 0 Å². The Kier molecular flexibility index (Phi) is 4.16. The first-order chi connectivity index (χ1) is 11.0. The van der Waals surface area contributed by atoms with Crippen LogP contribution in [0.2, 0.25) is 0 Å². The first-order valence-electron chi connectivity index (χ1n) is 8.46. The molecule has 2 unspecified atom stereocenters. The Morgan fingerprint density at radius 1 is 1.17 bits per heavy atom. The van der Waals surface area contributed by atoms with E-state index in [-0.39, 0.29) is 5.41 Å². The fourth-order valence-electron chi connectivity index (χ4n) is 3.28. The van der Waals surface area contributed by atoms with Crippen molar-refractivity contribution in [1.82, 2.24) is 0 Å². The van der Waals surface area contributed by atoms with Crippen molar-refractivity contribution in [2.45, 2.75) is 45.6 Å². The maximum Gasteiger partial charge on any atom is 0.0455 e. The molecule has 0 spiro atoms. The van der Waals surface area contributed by atoms with E-state index in [9.17, 15) is 0 Å². The molecule has 0 saturated heterocycles. The zero-order valence-electron chi connectivity index (χ0n) is 14.5. The second-order valence-electron chi connectivity index (χ2n) is 6.72. The molecule has 1 aliphatic heterocycles. The van der Waals surface area contributed by atoms with Gasteiger partial charge in [0.1, 0.15) is 0 Å². The number of nitrogens with one attached hydrogen (secondary N) is 2. The van der Waals surface area contributed by atoms with Gasteiger partial charge in [-0.05, 0) is 62.2 Å². The largest absolute Gasteiger partial charge is 0.383 e. The highest BCUT2D eigenvalue weighted by Crippen LogP contribution is 2.43. The number of hydrogen-bond donors (Lipinski definition) is 2. The van der Waals surface area contributed by atoms with Gasteiger partial charge in [0.15, 0.2) is 0 Å². The maximum atomic E-state index is 3.62. The Balaban J connectivity index is 2.11. The minimum atomic E-state index is -0.111. The third-order valence-corrected chi connectivity index (χ3v) is 4.94. The van der Waals surface area contributed by atoms with E-state index in [0.29, 0.717) is 6.04 Å². The Bertz CT molecular complexity index is 718. The summed E-state index contributed by atoms with van der Waals surface area (Å²) < 4.78 is 0. The van der Waals surface area contributed by atoms with Crippen molar-refractivity contribution in [3.8, 4) is 0 Å². The number of allylic oxidation sites excluding steroid dienone is 1. The summed E-state index contributed by atoms with van der Waals surface area (Å²) >= 11 is 0. The van der Waals surface area contributed by atoms with Crippen LogP contribution < -0.4 is 10.6 Å². The number of rotatable bonds is 4. The van der Waals surface area contributed by atoms with Gasteiger partial charge in [-0.3, -0.25) is 0 Å². The Labute approximate surface area is 139 Å². The molecule has 2 nitrogen and oxygen atoms in total. The third-order valence-electron chi connectivity index (χ3n) is 4.94. The highest BCUT2D eigenvalue weighted by molar-refractivity contribution is 5.72. The van der Waals surface area contributed by atoms with Crippen LogP contribution in [0.15, 0.2) is 54.7 Å². The molecule has 0 aliphatic carbocycles. The van der Waals surface area contributed by atoms with E-state index in [2.05, 4.69) is 93.1 Å². The van der Waals surface area contributed by atoms with Crippen molar-refractivity contribution in [3.63, 3.8) is 0 Å². The molecule has 0 amide bonds. The molecular formula is C21H26N2. The number of anilines is 2. The predicted octanol–water partition coefficient (Wildman–Crippen LogP) is 5.45. The topological polar surface area (TPSA) is 24.1 Å². The summed E-state index contributed by atoms with van der Waals surface area (Å²) in [4.78, 5) is 0. The van der Waals surface area contributed by atoms with Crippen LogP contribution in [0.25, 0.3) is 0 Å². The number of fused-ring (bicyclic) bond motifs is 1. The highest BCUT2D eigenvalue weighted by Gasteiger charge is 2.31. The molecule has 2 atom stereocenters. The summed E-state index contributed by atoms with van der Waals surface area (Å²) in [5.41, 5.74) is 6.25. The molecule has 2 heteroatoms. The van der Waals surface area contributed by atoms with E-state index in [1.807, 2.05) is 0 Å². The zero-order chi connectivity index (χ0) is 16.4. The Morgan fingerprint density at radius 2 is 1.91 bits per heavy atom. The van der Waals surface area contributed by atoms with Crippen LogP contribution in [0.4, 0.5) is 11.4 Å². The van der Waals surface area contributed by atoms with Gasteiger partial charge in [0.05, 0.1) is 0 Å². The summed E-state index contributed by atoms with van der Waals surface area (Å²) in [7, 11) is 0. The third kappa shape index (κ3) is 2.86. The molecule has 0 bridgehead atoms. The standard InChI is InChI=1S/C21H26N2/c1-5-16(3)23-18-13-15(2)20-19(14-18)21(4,11-12-22-20)17-9-7-6-8-10-17/h6-14,16,22-23H,5H2,1-4H3. The normalized spacial score (nSPS) is 20.5. The maximum absolute atomic E-state index is 3.62. The van der Waals surface area contributed by atoms with Crippen molar-refractivity contribution in [2.75, 3.05) is 10.6 Å². The molecule has 1 aliphatic rings. The fraction of sp³-hybridized carbons (Fsp3) is 0.333. The molecule has 120 valence electrons. The average Bonchev–Trinajstić information content (AvgIpc) is 2.56. The van der Waals surface area contributed by atoms with Gasteiger partial charge < -0.3 is 10.6 Å². The second-order valence-corrected chi connectivity index (χ2v) is 6.72. The van der Waals surface area contributed by atoms with Gasteiger partial charge in [-0.15, -0.1) is 0 Å². The molecule has 23 heavy (non-hydrogen) atoms. The van der Waals surface area contributed by atoms with E-state index in [1.165, 1.54) is 28.1 Å². The fourth-order valence-corrected chi connectivity index (χ4v) is 3.28. The van der Waals surface area contributed by atoms with Crippen molar-refractivity contribution in [1.29, 1.82) is 0 Å². The van der Waals surface area contributed by atoms with E-state index in [4.69, 9.17) is 0 Å². The molecule has 3 rings (SSSR count). The molecule has 0 radical (unpaired) electrons. The van der Waals surface area contributed by atoms with Gasteiger partial charge in [-0.2, -0.15) is 0 Å². The van der Waals surface area contributed by atoms with Crippen LogP contribution in [0.1, 0.15) is 43.9 Å². The second kappa shape index (κ2) is 6.11. The van der Waals surface area contributed by atoms with Crippen molar-refractivity contribution >= 4 is 11.4 Å². The predicted molar refractivity (Wildman–Crippen MR) is 100 cm³/mol. The summed E-state index contributed by atoms with van der Waals surface area (Å²) in [5, 5.41) is 7.06. The molecule has 0 saturated carbocycles. The summed E-state index contributed by atoms with van der Waals surface area (Å²) in [5.74, 6) is 0. The van der Waals surface area contributed by atoms with Gasteiger partial charge in [0, 0.05) is 22.8 Å². The average molecular weight is 306 g/mol. The van der Waals surface area contributed by atoms with Crippen LogP contribution >= 0.6 is 0 Å². The van der Waals surface area contributed by atoms with E-state index in [1.54, 1.807) is 0 Å². The van der Waals surface area contributed by atoms with Gasteiger partial charge in [0.2, 0.25) is 0 Å².